The quantitative estimate of drug-likeness (QED) is 0.249. The van der Waals surface area contributed by atoms with Crippen LogP contribution in [0.25, 0.3) is 0 Å². The summed E-state index contributed by atoms with van der Waals surface area (Å²) in [6.45, 7) is 7.73. The lowest BCUT2D eigenvalue weighted by Crippen LogP contribution is -2.43. The molecule has 2 unspecified atom stereocenters. The topological polar surface area (TPSA) is 60.0 Å². The van der Waals surface area contributed by atoms with Crippen LogP contribution >= 0.6 is 24.0 Å². The molecule has 0 saturated carbocycles. The molecule has 158 valence electrons. The minimum atomic E-state index is 0. The number of carbonyl (C=O) groups excluding carboxylic acids is 1. The molecule has 2 rings (SSSR count). The van der Waals surface area contributed by atoms with Crippen molar-refractivity contribution < 1.29 is 4.79 Å². The number of amides is 1. The predicted molar refractivity (Wildman–Crippen MR) is 127 cm³/mol. The van der Waals surface area contributed by atoms with Crippen LogP contribution in [-0.4, -0.2) is 68.0 Å². The van der Waals surface area contributed by atoms with Gasteiger partial charge in [-0.25, -0.2) is 0 Å². The summed E-state index contributed by atoms with van der Waals surface area (Å²) in [6.07, 6.45) is 3.03. The lowest BCUT2D eigenvalue weighted by Gasteiger charge is -2.25. The summed E-state index contributed by atoms with van der Waals surface area (Å²) in [6, 6.07) is 10.6. The minimum Gasteiger partial charge on any atom is -0.357 e. The molecule has 0 radical (unpaired) electrons. The molecule has 1 aromatic carbocycles. The summed E-state index contributed by atoms with van der Waals surface area (Å²) in [5, 5.41) is 6.79. The first-order valence-corrected chi connectivity index (χ1v) is 10.1. The molecule has 2 N–H and O–H groups in total. The third-order valence-corrected chi connectivity index (χ3v) is 4.96. The highest BCUT2D eigenvalue weighted by molar-refractivity contribution is 14.0. The van der Waals surface area contributed by atoms with Crippen molar-refractivity contribution in [1.82, 2.24) is 20.4 Å². The molecular formula is C21H36IN5O. The first-order chi connectivity index (χ1) is 13.0. The van der Waals surface area contributed by atoms with Gasteiger partial charge in [0.15, 0.2) is 5.96 Å². The summed E-state index contributed by atoms with van der Waals surface area (Å²) in [4.78, 5) is 21.0. The molecule has 1 aliphatic heterocycles. The van der Waals surface area contributed by atoms with Crippen molar-refractivity contribution in [2.45, 2.75) is 45.2 Å². The Bertz CT molecular complexity index is 608. The molecule has 1 amide bonds. The van der Waals surface area contributed by atoms with Crippen LogP contribution in [0.2, 0.25) is 0 Å². The van der Waals surface area contributed by atoms with Crippen molar-refractivity contribution in [2.75, 3.05) is 40.3 Å². The molecule has 0 aliphatic carbocycles. The second-order valence-electron chi connectivity index (χ2n) is 7.32. The number of nitrogens with zero attached hydrogens (tertiary/aromatic N) is 3. The molecular weight excluding hydrogens is 465 g/mol. The van der Waals surface area contributed by atoms with Crippen LogP contribution in [0, 0.1) is 0 Å². The van der Waals surface area contributed by atoms with Crippen molar-refractivity contribution in [3.05, 3.63) is 35.9 Å². The van der Waals surface area contributed by atoms with Crippen molar-refractivity contribution in [3.63, 3.8) is 0 Å². The molecule has 0 spiro atoms. The van der Waals surface area contributed by atoms with Crippen molar-refractivity contribution >= 4 is 35.8 Å². The predicted octanol–water partition coefficient (Wildman–Crippen LogP) is 2.86. The molecule has 7 heteroatoms. The highest BCUT2D eigenvalue weighted by atomic mass is 127. The van der Waals surface area contributed by atoms with Gasteiger partial charge in [-0.3, -0.25) is 14.7 Å². The Morgan fingerprint density at radius 3 is 2.68 bits per heavy atom. The van der Waals surface area contributed by atoms with E-state index in [4.69, 9.17) is 4.99 Å². The maximum Gasteiger partial charge on any atom is 0.239 e. The molecule has 0 bridgehead atoms. The maximum absolute atomic E-state index is 12.3. The summed E-state index contributed by atoms with van der Waals surface area (Å²) in [5.41, 5.74) is 1.24. The van der Waals surface area contributed by atoms with Gasteiger partial charge in [-0.2, -0.15) is 0 Å². The number of guanidine groups is 1. The van der Waals surface area contributed by atoms with E-state index in [0.29, 0.717) is 0 Å². The van der Waals surface area contributed by atoms with E-state index in [2.05, 4.69) is 53.6 Å². The number of likely N-dealkylation sites (N-methyl/N-ethyl adjacent to an activating group) is 1. The fourth-order valence-corrected chi connectivity index (χ4v) is 3.49. The van der Waals surface area contributed by atoms with E-state index in [1.54, 1.807) is 4.90 Å². The van der Waals surface area contributed by atoms with Crippen LogP contribution in [-0.2, 0) is 4.79 Å². The fourth-order valence-electron chi connectivity index (χ4n) is 3.49. The summed E-state index contributed by atoms with van der Waals surface area (Å²) >= 11 is 0. The van der Waals surface area contributed by atoms with Crippen LogP contribution < -0.4 is 10.6 Å². The molecule has 1 fully saturated rings. The zero-order valence-corrected chi connectivity index (χ0v) is 20.0. The van der Waals surface area contributed by atoms with Crippen LogP contribution in [0.4, 0.5) is 0 Å². The van der Waals surface area contributed by atoms with E-state index in [0.717, 1.165) is 51.4 Å². The van der Waals surface area contributed by atoms with E-state index in [1.165, 1.54) is 5.56 Å². The Balaban J connectivity index is 0.00000392. The molecule has 6 nitrogen and oxygen atoms in total. The Labute approximate surface area is 187 Å². The Morgan fingerprint density at radius 2 is 2.04 bits per heavy atom. The fraction of sp³-hybridized carbons (Fsp3) is 0.619. The number of rotatable bonds is 8. The van der Waals surface area contributed by atoms with Gasteiger partial charge >= 0.3 is 0 Å². The normalized spacial score (nSPS) is 18.3. The smallest absolute Gasteiger partial charge is 0.239 e. The number of benzene rings is 1. The summed E-state index contributed by atoms with van der Waals surface area (Å²) in [5.74, 6) is 1.07. The van der Waals surface area contributed by atoms with Gasteiger partial charge in [0.25, 0.3) is 0 Å². The van der Waals surface area contributed by atoms with Crippen molar-refractivity contribution in [1.29, 1.82) is 0 Å². The Hall–Kier alpha value is -1.35. The lowest BCUT2D eigenvalue weighted by atomic mass is 10.1. The second-order valence-corrected chi connectivity index (χ2v) is 7.32. The minimum absolute atomic E-state index is 0. The SMILES string of the molecule is CCNC(=NCCCN1CCCC1C(=O)N(C)C)NC(C)c1ccccc1.I. The largest absolute Gasteiger partial charge is 0.357 e. The molecule has 1 aliphatic rings. The molecule has 2 atom stereocenters. The average Bonchev–Trinajstić information content (AvgIpc) is 3.13. The van der Waals surface area contributed by atoms with Gasteiger partial charge in [-0.15, -0.1) is 24.0 Å². The molecule has 1 heterocycles. The zero-order valence-electron chi connectivity index (χ0n) is 17.6. The number of carbonyl (C=O) groups is 1. The average molecular weight is 501 g/mol. The third-order valence-electron chi connectivity index (χ3n) is 4.96. The monoisotopic (exact) mass is 501 g/mol. The van der Waals surface area contributed by atoms with E-state index >= 15 is 0 Å². The zero-order chi connectivity index (χ0) is 19.6. The van der Waals surface area contributed by atoms with Gasteiger partial charge in [0.05, 0.1) is 12.1 Å². The van der Waals surface area contributed by atoms with Gasteiger partial charge < -0.3 is 15.5 Å². The van der Waals surface area contributed by atoms with Gasteiger partial charge in [0.1, 0.15) is 0 Å². The molecule has 1 aromatic rings. The van der Waals surface area contributed by atoms with Crippen LogP contribution in [0.1, 0.15) is 44.7 Å². The van der Waals surface area contributed by atoms with E-state index < -0.39 is 0 Å². The lowest BCUT2D eigenvalue weighted by molar-refractivity contribution is -0.133. The summed E-state index contributed by atoms with van der Waals surface area (Å²) in [7, 11) is 3.68. The van der Waals surface area contributed by atoms with Crippen molar-refractivity contribution in [2.24, 2.45) is 4.99 Å². The highest BCUT2D eigenvalue weighted by Gasteiger charge is 2.30. The van der Waals surface area contributed by atoms with E-state index in [-0.39, 0.29) is 42.0 Å². The highest BCUT2D eigenvalue weighted by Crippen LogP contribution is 2.18. The first kappa shape index (κ1) is 24.7. The Morgan fingerprint density at radius 1 is 1.32 bits per heavy atom. The van der Waals surface area contributed by atoms with Crippen LogP contribution in [0.15, 0.2) is 35.3 Å². The van der Waals surface area contributed by atoms with Gasteiger partial charge in [-0.1, -0.05) is 30.3 Å². The third kappa shape index (κ3) is 7.58. The number of hydrogen-bond donors (Lipinski definition) is 2. The maximum atomic E-state index is 12.3. The van der Waals surface area contributed by atoms with E-state index in [1.807, 2.05) is 20.2 Å². The summed E-state index contributed by atoms with van der Waals surface area (Å²) < 4.78 is 0. The second kappa shape index (κ2) is 13.0. The first-order valence-electron chi connectivity index (χ1n) is 10.1. The van der Waals surface area contributed by atoms with Gasteiger partial charge in [0, 0.05) is 33.7 Å². The van der Waals surface area contributed by atoms with Crippen LogP contribution in [0.3, 0.4) is 0 Å². The molecule has 28 heavy (non-hydrogen) atoms. The van der Waals surface area contributed by atoms with Crippen molar-refractivity contribution in [3.8, 4) is 0 Å². The number of likely N-dealkylation sites (tertiary alicyclic amines) is 1. The number of halogens is 1. The van der Waals surface area contributed by atoms with E-state index in [9.17, 15) is 4.79 Å². The number of aliphatic imine (C=N–C) groups is 1. The van der Waals surface area contributed by atoms with Gasteiger partial charge in [-0.05, 0) is 45.2 Å². The van der Waals surface area contributed by atoms with Gasteiger partial charge in [0.2, 0.25) is 5.91 Å². The number of hydrogen-bond acceptors (Lipinski definition) is 3. The Kier molecular flexibility index (Phi) is 11.4. The molecule has 0 aromatic heterocycles. The standard InChI is InChI=1S/C21H35N5O.HI/c1-5-22-21(24-17(2)18-11-7-6-8-12-18)23-14-10-16-26-15-9-13-19(26)20(27)25(3)4;/h6-8,11-12,17,19H,5,9-10,13-16H2,1-4H3,(H2,22,23,24);1H. The number of nitrogens with one attached hydrogen (secondary N) is 2. The molecule has 1 saturated heterocycles. The van der Waals surface area contributed by atoms with Crippen LogP contribution in [0.5, 0.6) is 0 Å².